The second-order valence-electron chi connectivity index (χ2n) is 4.53. The highest BCUT2D eigenvalue weighted by Gasteiger charge is 2.30. The second-order valence-corrected chi connectivity index (χ2v) is 4.53. The maximum atomic E-state index is 12.2. The summed E-state index contributed by atoms with van der Waals surface area (Å²) in [7, 11) is 1.42. The van der Waals surface area contributed by atoms with Gasteiger partial charge in [-0.1, -0.05) is 18.6 Å². The summed E-state index contributed by atoms with van der Waals surface area (Å²) in [6, 6.07) is 0. The molecule has 0 spiro atoms. The van der Waals surface area contributed by atoms with Crippen molar-refractivity contribution < 1.29 is 14.3 Å². The van der Waals surface area contributed by atoms with Crippen LogP contribution in [-0.4, -0.2) is 18.7 Å². The Morgan fingerprint density at radius 3 is 2.28 bits per heavy atom. The molecule has 0 fully saturated rings. The first-order valence-electron chi connectivity index (χ1n) is 6.13. The van der Waals surface area contributed by atoms with Crippen LogP contribution >= 0.6 is 0 Å². The van der Waals surface area contributed by atoms with E-state index < -0.39 is 0 Å². The van der Waals surface area contributed by atoms with Crippen LogP contribution in [0.2, 0.25) is 0 Å². The van der Waals surface area contributed by atoms with Crippen LogP contribution < -0.4 is 0 Å². The average molecular weight is 248 g/mol. The van der Waals surface area contributed by atoms with Crippen molar-refractivity contribution in [3.63, 3.8) is 0 Å². The Bertz CT molecular complexity index is 476. The number of carbonyl (C=O) groups is 2. The Labute approximate surface area is 108 Å². The highest BCUT2D eigenvalue weighted by atomic mass is 16.5. The van der Waals surface area contributed by atoms with E-state index >= 15 is 0 Å². The lowest BCUT2D eigenvalue weighted by Gasteiger charge is -2.18. The van der Waals surface area contributed by atoms with E-state index in [1.54, 1.807) is 13.8 Å². The molecule has 0 aromatic heterocycles. The van der Waals surface area contributed by atoms with Crippen LogP contribution in [0.25, 0.3) is 0 Å². The predicted molar refractivity (Wildman–Crippen MR) is 71.1 cm³/mol. The number of ketones is 2. The van der Waals surface area contributed by atoms with Gasteiger partial charge in [-0.3, -0.25) is 9.59 Å². The third kappa shape index (κ3) is 2.61. The van der Waals surface area contributed by atoms with Crippen LogP contribution in [0.1, 0.15) is 40.5 Å². The Hall–Kier alpha value is -1.64. The molecule has 1 rings (SSSR count). The molecule has 3 nitrogen and oxygen atoms in total. The summed E-state index contributed by atoms with van der Waals surface area (Å²) in [6.07, 6.45) is 3.48. The Morgan fingerprint density at radius 1 is 1.17 bits per heavy atom. The van der Waals surface area contributed by atoms with Crippen molar-refractivity contribution in [2.45, 2.75) is 40.5 Å². The van der Waals surface area contributed by atoms with Crippen LogP contribution in [0.15, 0.2) is 34.1 Å². The van der Waals surface area contributed by atoms with Gasteiger partial charge in [-0.05, 0) is 33.6 Å². The number of hydrogen-bond acceptors (Lipinski definition) is 3. The maximum absolute atomic E-state index is 12.2. The fraction of sp³-hybridized carbons (Fsp3) is 0.467. The van der Waals surface area contributed by atoms with Gasteiger partial charge in [0, 0.05) is 16.7 Å². The Kier molecular flexibility index (Phi) is 4.65. The number of methoxy groups -OCH3 is 1. The van der Waals surface area contributed by atoms with Gasteiger partial charge in [-0.25, -0.2) is 0 Å². The van der Waals surface area contributed by atoms with Crippen LogP contribution in [0.4, 0.5) is 0 Å². The molecule has 3 heteroatoms. The lowest BCUT2D eigenvalue weighted by Crippen LogP contribution is -2.22. The zero-order valence-electron chi connectivity index (χ0n) is 11.7. The molecule has 0 atom stereocenters. The van der Waals surface area contributed by atoms with E-state index in [-0.39, 0.29) is 17.3 Å². The van der Waals surface area contributed by atoms with E-state index in [1.165, 1.54) is 12.7 Å². The van der Waals surface area contributed by atoms with Gasteiger partial charge < -0.3 is 4.74 Å². The first kappa shape index (κ1) is 14.4. The fourth-order valence-electron chi connectivity index (χ4n) is 1.89. The minimum absolute atomic E-state index is 0.0795. The highest BCUT2D eigenvalue weighted by Crippen LogP contribution is 2.27. The molecule has 0 bridgehead atoms. The van der Waals surface area contributed by atoms with Gasteiger partial charge in [-0.2, -0.15) is 0 Å². The molecule has 0 N–H and O–H groups in total. The van der Waals surface area contributed by atoms with Gasteiger partial charge in [0.15, 0.2) is 11.5 Å². The smallest absolute Gasteiger partial charge is 0.224 e. The molecular formula is C15H20O3. The van der Waals surface area contributed by atoms with E-state index in [0.29, 0.717) is 23.1 Å². The molecular weight excluding hydrogens is 228 g/mol. The first-order valence-corrected chi connectivity index (χ1v) is 6.13. The molecule has 0 radical (unpaired) electrons. The van der Waals surface area contributed by atoms with E-state index in [0.717, 1.165) is 6.42 Å². The van der Waals surface area contributed by atoms with E-state index in [1.807, 2.05) is 13.0 Å². The quantitative estimate of drug-likeness (QED) is 0.567. The highest BCUT2D eigenvalue weighted by molar-refractivity contribution is 6.24. The summed E-state index contributed by atoms with van der Waals surface area (Å²) in [4.78, 5) is 24.2. The number of carbonyl (C=O) groups excluding carboxylic acids is 2. The standard InChI is InChI=1S/C15H20O3/c1-6-9(2)7-8-12-10(3)14(17)15(18-5)11(4)13(12)16/h7H,6,8H2,1-5H3/b9-7+. The lowest BCUT2D eigenvalue weighted by molar-refractivity contribution is -0.118. The van der Waals surface area contributed by atoms with Gasteiger partial charge in [0.05, 0.1) is 7.11 Å². The average Bonchev–Trinajstić information content (AvgIpc) is 2.36. The van der Waals surface area contributed by atoms with Gasteiger partial charge in [0.1, 0.15) is 0 Å². The maximum Gasteiger partial charge on any atom is 0.224 e. The molecule has 0 aliphatic heterocycles. The molecule has 1 aliphatic rings. The van der Waals surface area contributed by atoms with Crippen LogP contribution in [0, 0.1) is 0 Å². The zero-order chi connectivity index (χ0) is 13.9. The Balaban J connectivity index is 3.11. The van der Waals surface area contributed by atoms with Crippen LogP contribution in [0.5, 0.6) is 0 Å². The molecule has 0 heterocycles. The number of rotatable bonds is 4. The molecule has 1 aliphatic carbocycles. The number of Topliss-reactive ketones (excluding diaryl/α,β-unsaturated/α-hetero) is 2. The number of ether oxygens (including phenoxy) is 1. The van der Waals surface area contributed by atoms with Crippen molar-refractivity contribution in [2.75, 3.05) is 7.11 Å². The van der Waals surface area contributed by atoms with Gasteiger partial charge in [-0.15, -0.1) is 0 Å². The molecule has 98 valence electrons. The SMILES string of the molecule is CC/C(C)=C/CC1=C(C)C(=O)C(OC)=C(C)C1=O. The molecule has 0 saturated heterocycles. The molecule has 0 aromatic carbocycles. The molecule has 0 saturated carbocycles. The van der Waals surface area contributed by atoms with Gasteiger partial charge in [0.2, 0.25) is 5.78 Å². The Morgan fingerprint density at radius 2 is 1.78 bits per heavy atom. The van der Waals surface area contributed by atoms with Gasteiger partial charge >= 0.3 is 0 Å². The van der Waals surface area contributed by atoms with Crippen molar-refractivity contribution in [1.29, 1.82) is 0 Å². The zero-order valence-corrected chi connectivity index (χ0v) is 11.7. The third-order valence-electron chi connectivity index (χ3n) is 3.37. The topological polar surface area (TPSA) is 43.4 Å². The van der Waals surface area contributed by atoms with E-state index in [9.17, 15) is 9.59 Å². The summed E-state index contributed by atoms with van der Waals surface area (Å²) in [5.41, 5.74) is 2.72. The molecule has 18 heavy (non-hydrogen) atoms. The molecule has 0 unspecified atom stereocenters. The van der Waals surface area contributed by atoms with E-state index in [4.69, 9.17) is 4.74 Å². The van der Waals surface area contributed by atoms with Crippen molar-refractivity contribution >= 4 is 11.6 Å². The fourth-order valence-corrected chi connectivity index (χ4v) is 1.89. The normalized spacial score (nSPS) is 17.7. The minimum atomic E-state index is -0.174. The van der Waals surface area contributed by atoms with Crippen molar-refractivity contribution in [2.24, 2.45) is 0 Å². The monoisotopic (exact) mass is 248 g/mol. The first-order chi connectivity index (χ1) is 8.43. The molecule has 0 amide bonds. The van der Waals surface area contributed by atoms with Crippen LogP contribution in [0.3, 0.4) is 0 Å². The second kappa shape index (κ2) is 5.80. The summed E-state index contributed by atoms with van der Waals surface area (Å²) in [5.74, 6) is -0.0753. The van der Waals surface area contributed by atoms with Crippen molar-refractivity contribution in [3.8, 4) is 0 Å². The summed E-state index contributed by atoms with van der Waals surface area (Å²) < 4.78 is 5.01. The van der Waals surface area contributed by atoms with Gasteiger partial charge in [0.25, 0.3) is 0 Å². The van der Waals surface area contributed by atoms with Crippen molar-refractivity contribution in [3.05, 3.63) is 34.1 Å². The van der Waals surface area contributed by atoms with Crippen LogP contribution in [-0.2, 0) is 14.3 Å². The third-order valence-corrected chi connectivity index (χ3v) is 3.37. The van der Waals surface area contributed by atoms with Crippen molar-refractivity contribution in [1.82, 2.24) is 0 Å². The number of hydrogen-bond donors (Lipinski definition) is 0. The molecule has 0 aromatic rings. The summed E-state index contributed by atoms with van der Waals surface area (Å²) >= 11 is 0. The summed E-state index contributed by atoms with van der Waals surface area (Å²) in [5, 5.41) is 0. The lowest BCUT2D eigenvalue weighted by atomic mass is 9.87. The number of allylic oxidation sites excluding steroid dienone is 5. The summed E-state index contributed by atoms with van der Waals surface area (Å²) in [6.45, 7) is 7.42. The predicted octanol–water partition coefficient (Wildman–Crippen LogP) is 3.12. The van der Waals surface area contributed by atoms with E-state index in [2.05, 4.69) is 6.92 Å². The minimum Gasteiger partial charge on any atom is -0.492 e. The largest absolute Gasteiger partial charge is 0.492 e.